The van der Waals surface area contributed by atoms with Gasteiger partial charge in [0, 0.05) is 6.08 Å². The molecule has 0 radical (unpaired) electrons. The first-order chi connectivity index (χ1) is 14.5. The van der Waals surface area contributed by atoms with Crippen molar-refractivity contribution in [1.29, 1.82) is 0 Å². The average Bonchev–Trinajstić information content (AvgIpc) is 3.07. The van der Waals surface area contributed by atoms with Gasteiger partial charge in [-0.25, -0.2) is 0 Å². The summed E-state index contributed by atoms with van der Waals surface area (Å²) in [6, 6.07) is 9.58. The number of ether oxygens (including phenoxy) is 3. The van der Waals surface area contributed by atoms with Gasteiger partial charge in [-0.1, -0.05) is 23.3 Å². The molecule has 3 rings (SSSR count). The Kier molecular flexibility index (Phi) is 6.60. The van der Waals surface area contributed by atoms with E-state index in [4.69, 9.17) is 20.6 Å². The summed E-state index contributed by atoms with van der Waals surface area (Å²) in [4.78, 5) is 17.3. The van der Waals surface area contributed by atoms with Crippen LogP contribution in [-0.4, -0.2) is 31.8 Å². The molecule has 1 amide bonds. The fraction of sp³-hybridized carbons (Fsp3) is 0.217. The van der Waals surface area contributed by atoms with E-state index in [-0.39, 0.29) is 0 Å². The molecule has 30 heavy (non-hydrogen) atoms. The van der Waals surface area contributed by atoms with Gasteiger partial charge in [0.2, 0.25) is 5.75 Å². The SMILES string of the molecule is C#CCn1c(=NC(=O)C=Cc2cc(OC)c(OC)c(OC)c2)sc2cc(C)ccc21. The number of terminal acetylenes is 1. The average molecular weight is 423 g/mol. The molecule has 0 aliphatic rings. The zero-order valence-electron chi connectivity index (χ0n) is 17.3. The molecular formula is C23H22N2O4S. The van der Waals surface area contributed by atoms with Crippen LogP contribution in [0.5, 0.6) is 17.2 Å². The molecule has 0 saturated heterocycles. The molecule has 0 unspecified atom stereocenters. The standard InChI is InChI=1S/C23H22N2O4S/c1-6-11-25-17-9-7-15(2)12-20(17)30-23(25)24-21(26)10-8-16-13-18(27-3)22(29-5)19(14-16)28-4/h1,7-10,12-14H,11H2,2-5H3. The number of nitrogens with zero attached hydrogens (tertiary/aromatic N) is 2. The molecular weight excluding hydrogens is 400 g/mol. The van der Waals surface area contributed by atoms with Gasteiger partial charge >= 0.3 is 0 Å². The number of hydrogen-bond acceptors (Lipinski definition) is 5. The summed E-state index contributed by atoms with van der Waals surface area (Å²) in [5, 5.41) is 0. The zero-order valence-corrected chi connectivity index (χ0v) is 18.1. The summed E-state index contributed by atoms with van der Waals surface area (Å²) in [7, 11) is 4.62. The molecule has 0 aliphatic carbocycles. The van der Waals surface area contributed by atoms with E-state index in [0.29, 0.717) is 28.6 Å². The molecule has 1 aromatic heterocycles. The van der Waals surface area contributed by atoms with Crippen molar-refractivity contribution in [2.24, 2.45) is 4.99 Å². The van der Waals surface area contributed by atoms with Crippen molar-refractivity contribution < 1.29 is 19.0 Å². The van der Waals surface area contributed by atoms with Crippen molar-refractivity contribution in [3.05, 3.63) is 52.3 Å². The second kappa shape index (κ2) is 9.33. The Morgan fingerprint density at radius 1 is 1.17 bits per heavy atom. The maximum atomic E-state index is 12.5. The minimum Gasteiger partial charge on any atom is -0.493 e. The molecule has 6 nitrogen and oxygen atoms in total. The number of hydrogen-bond donors (Lipinski definition) is 0. The predicted molar refractivity (Wildman–Crippen MR) is 119 cm³/mol. The summed E-state index contributed by atoms with van der Waals surface area (Å²) in [5.74, 6) is 3.74. The van der Waals surface area contributed by atoms with E-state index in [0.717, 1.165) is 21.3 Å². The van der Waals surface area contributed by atoms with E-state index in [9.17, 15) is 4.79 Å². The maximum absolute atomic E-state index is 12.5. The highest BCUT2D eigenvalue weighted by Gasteiger charge is 2.12. The van der Waals surface area contributed by atoms with Gasteiger partial charge in [0.05, 0.1) is 38.1 Å². The number of aromatic nitrogens is 1. The quantitative estimate of drug-likeness (QED) is 0.448. The van der Waals surface area contributed by atoms with E-state index in [1.165, 1.54) is 24.5 Å². The third-order valence-electron chi connectivity index (χ3n) is 4.40. The second-order valence-electron chi connectivity index (χ2n) is 6.39. The molecule has 7 heteroatoms. The maximum Gasteiger partial charge on any atom is 0.272 e. The lowest BCUT2D eigenvalue weighted by atomic mass is 10.1. The first-order valence-corrected chi connectivity index (χ1v) is 9.92. The predicted octanol–water partition coefficient (Wildman–Crippen LogP) is 3.81. The number of methoxy groups -OCH3 is 3. The van der Waals surface area contributed by atoms with Crippen molar-refractivity contribution in [3.63, 3.8) is 0 Å². The lowest BCUT2D eigenvalue weighted by Gasteiger charge is -2.12. The number of rotatable bonds is 6. The van der Waals surface area contributed by atoms with Crippen molar-refractivity contribution >= 4 is 33.5 Å². The Morgan fingerprint density at radius 2 is 1.87 bits per heavy atom. The van der Waals surface area contributed by atoms with Gasteiger partial charge in [0.1, 0.15) is 0 Å². The number of carbonyl (C=O) groups is 1. The summed E-state index contributed by atoms with van der Waals surface area (Å²) >= 11 is 1.43. The normalized spacial score (nSPS) is 11.6. The molecule has 0 aliphatic heterocycles. The van der Waals surface area contributed by atoms with Crippen LogP contribution in [-0.2, 0) is 11.3 Å². The van der Waals surface area contributed by atoms with Crippen LogP contribution in [0.4, 0.5) is 0 Å². The number of fused-ring (bicyclic) bond motifs is 1. The molecule has 0 spiro atoms. The Labute approximate surface area is 179 Å². The van der Waals surface area contributed by atoms with Crippen LogP contribution in [0.1, 0.15) is 11.1 Å². The van der Waals surface area contributed by atoms with Gasteiger partial charge in [-0.15, -0.1) is 6.42 Å². The molecule has 3 aromatic rings. The Morgan fingerprint density at radius 3 is 2.47 bits per heavy atom. The van der Waals surface area contributed by atoms with Gasteiger partial charge in [-0.3, -0.25) is 4.79 Å². The van der Waals surface area contributed by atoms with Gasteiger partial charge in [0.15, 0.2) is 16.3 Å². The highest BCUT2D eigenvalue weighted by molar-refractivity contribution is 7.16. The topological polar surface area (TPSA) is 62.1 Å². The molecule has 0 saturated carbocycles. The lowest BCUT2D eigenvalue weighted by molar-refractivity contribution is -0.113. The van der Waals surface area contributed by atoms with Crippen molar-refractivity contribution in [2.75, 3.05) is 21.3 Å². The minimum absolute atomic E-state index is 0.339. The summed E-state index contributed by atoms with van der Waals surface area (Å²) in [6.07, 6.45) is 8.56. The molecule has 0 atom stereocenters. The number of amides is 1. The molecule has 0 N–H and O–H groups in total. The van der Waals surface area contributed by atoms with Gasteiger partial charge in [-0.2, -0.15) is 4.99 Å². The largest absolute Gasteiger partial charge is 0.493 e. The number of thiazole rings is 1. The van der Waals surface area contributed by atoms with Crippen molar-refractivity contribution in [3.8, 4) is 29.6 Å². The van der Waals surface area contributed by atoms with Crippen LogP contribution >= 0.6 is 11.3 Å². The van der Waals surface area contributed by atoms with Crippen LogP contribution < -0.4 is 19.0 Å². The highest BCUT2D eigenvalue weighted by Crippen LogP contribution is 2.38. The molecule has 0 fully saturated rings. The lowest BCUT2D eigenvalue weighted by Crippen LogP contribution is -2.15. The highest BCUT2D eigenvalue weighted by atomic mass is 32.1. The molecule has 2 aromatic carbocycles. The number of aryl methyl sites for hydroxylation is 1. The van der Waals surface area contributed by atoms with E-state index in [1.807, 2.05) is 23.6 Å². The van der Waals surface area contributed by atoms with Crippen LogP contribution in [0.25, 0.3) is 16.3 Å². The van der Waals surface area contributed by atoms with Gasteiger partial charge in [0.25, 0.3) is 5.91 Å². The van der Waals surface area contributed by atoms with Gasteiger partial charge in [-0.05, 0) is 48.4 Å². The fourth-order valence-electron chi connectivity index (χ4n) is 3.01. The zero-order chi connectivity index (χ0) is 21.7. The minimum atomic E-state index is -0.391. The first-order valence-electron chi connectivity index (χ1n) is 9.11. The van der Waals surface area contributed by atoms with Crippen LogP contribution in [0.3, 0.4) is 0 Å². The van der Waals surface area contributed by atoms with Crippen molar-refractivity contribution in [2.45, 2.75) is 13.5 Å². The molecule has 0 bridgehead atoms. The Bertz CT molecular complexity index is 1200. The number of benzene rings is 2. The van der Waals surface area contributed by atoms with Crippen molar-refractivity contribution in [1.82, 2.24) is 4.57 Å². The smallest absolute Gasteiger partial charge is 0.272 e. The Balaban J connectivity index is 1.97. The Hall–Kier alpha value is -3.50. The van der Waals surface area contributed by atoms with E-state index in [2.05, 4.69) is 17.0 Å². The summed E-state index contributed by atoms with van der Waals surface area (Å²) < 4.78 is 18.9. The molecule has 1 heterocycles. The van der Waals surface area contributed by atoms with Crippen LogP contribution in [0.2, 0.25) is 0 Å². The third kappa shape index (κ3) is 4.39. The third-order valence-corrected chi connectivity index (χ3v) is 5.44. The fourth-order valence-corrected chi connectivity index (χ4v) is 4.14. The second-order valence-corrected chi connectivity index (χ2v) is 7.40. The summed E-state index contributed by atoms with van der Waals surface area (Å²) in [5.41, 5.74) is 2.82. The summed E-state index contributed by atoms with van der Waals surface area (Å²) in [6.45, 7) is 2.36. The molecule has 154 valence electrons. The van der Waals surface area contributed by atoms with Crippen LogP contribution in [0, 0.1) is 19.3 Å². The first kappa shape index (κ1) is 21.2. The van der Waals surface area contributed by atoms with E-state index in [1.54, 1.807) is 32.4 Å². The van der Waals surface area contributed by atoms with Crippen LogP contribution in [0.15, 0.2) is 41.4 Å². The van der Waals surface area contributed by atoms with E-state index < -0.39 is 5.91 Å². The monoisotopic (exact) mass is 422 g/mol. The number of carbonyl (C=O) groups excluding carboxylic acids is 1. The van der Waals surface area contributed by atoms with E-state index >= 15 is 0 Å². The van der Waals surface area contributed by atoms with Gasteiger partial charge < -0.3 is 18.8 Å².